The lowest BCUT2D eigenvalue weighted by Crippen LogP contribution is -2.19. The number of benzene rings is 1. The lowest BCUT2D eigenvalue weighted by molar-refractivity contribution is -0.116. The lowest BCUT2D eigenvalue weighted by atomic mass is 10.1. The maximum Gasteiger partial charge on any atom is 0.259 e. The molecule has 19 heavy (non-hydrogen) atoms. The Hall–Kier alpha value is -2.21. The van der Waals surface area contributed by atoms with Gasteiger partial charge in [-0.25, -0.2) is 0 Å². The summed E-state index contributed by atoms with van der Waals surface area (Å²) in [4.78, 5) is 34.5. The van der Waals surface area contributed by atoms with Crippen LogP contribution in [0.1, 0.15) is 33.6 Å². The molecule has 0 unspecified atom stereocenters. The molecule has 0 aromatic heterocycles. The van der Waals surface area contributed by atoms with E-state index in [2.05, 4.69) is 16.0 Å². The number of imide groups is 1. The van der Waals surface area contributed by atoms with E-state index in [0.29, 0.717) is 23.2 Å². The zero-order valence-electron chi connectivity index (χ0n) is 10.6. The van der Waals surface area contributed by atoms with Crippen LogP contribution in [-0.4, -0.2) is 31.3 Å². The number of anilines is 1. The van der Waals surface area contributed by atoms with E-state index in [1.807, 2.05) is 7.05 Å². The molecule has 0 saturated carbocycles. The molecule has 100 valence electrons. The van der Waals surface area contributed by atoms with Crippen molar-refractivity contribution in [3.63, 3.8) is 0 Å². The first kappa shape index (κ1) is 13.2. The average molecular weight is 261 g/mol. The highest BCUT2D eigenvalue weighted by atomic mass is 16.2. The second-order valence-corrected chi connectivity index (χ2v) is 4.30. The number of fused-ring (bicyclic) bond motifs is 1. The van der Waals surface area contributed by atoms with Crippen LogP contribution in [0, 0.1) is 0 Å². The fourth-order valence-corrected chi connectivity index (χ4v) is 1.89. The molecule has 0 saturated heterocycles. The standard InChI is InChI=1S/C13H15N3O3/c1-14-6-2-3-11(17)15-8-4-5-9-10(7-8)13(19)16-12(9)18/h4-5,7,14H,2-3,6H2,1H3,(H,15,17)(H,16,18,19). The summed E-state index contributed by atoms with van der Waals surface area (Å²) in [5.74, 6) is -0.932. The summed E-state index contributed by atoms with van der Waals surface area (Å²) in [7, 11) is 1.83. The molecule has 0 bridgehead atoms. The Bertz CT molecular complexity index is 540. The van der Waals surface area contributed by atoms with Gasteiger partial charge in [-0.15, -0.1) is 0 Å². The van der Waals surface area contributed by atoms with Gasteiger partial charge < -0.3 is 10.6 Å². The van der Waals surface area contributed by atoms with Gasteiger partial charge in [0, 0.05) is 12.1 Å². The molecule has 2 rings (SSSR count). The molecule has 6 nitrogen and oxygen atoms in total. The second-order valence-electron chi connectivity index (χ2n) is 4.30. The summed E-state index contributed by atoms with van der Waals surface area (Å²) in [5, 5.41) is 7.87. The number of amides is 3. The minimum absolute atomic E-state index is 0.111. The van der Waals surface area contributed by atoms with Crippen molar-refractivity contribution in [2.24, 2.45) is 0 Å². The van der Waals surface area contributed by atoms with E-state index in [4.69, 9.17) is 0 Å². The van der Waals surface area contributed by atoms with E-state index in [1.165, 1.54) is 6.07 Å². The summed E-state index contributed by atoms with van der Waals surface area (Å²) in [6, 6.07) is 4.68. The van der Waals surface area contributed by atoms with E-state index >= 15 is 0 Å². The van der Waals surface area contributed by atoms with Gasteiger partial charge in [0.1, 0.15) is 0 Å². The number of hydrogen-bond donors (Lipinski definition) is 3. The van der Waals surface area contributed by atoms with E-state index in [1.54, 1.807) is 12.1 Å². The monoisotopic (exact) mass is 261 g/mol. The van der Waals surface area contributed by atoms with Gasteiger partial charge in [0.25, 0.3) is 11.8 Å². The van der Waals surface area contributed by atoms with Crippen molar-refractivity contribution in [2.45, 2.75) is 12.8 Å². The molecule has 0 aliphatic carbocycles. The van der Waals surface area contributed by atoms with E-state index in [0.717, 1.165) is 13.0 Å². The molecule has 0 spiro atoms. The Morgan fingerprint density at radius 3 is 2.68 bits per heavy atom. The summed E-state index contributed by atoms with van der Waals surface area (Å²) < 4.78 is 0. The van der Waals surface area contributed by atoms with Crippen molar-refractivity contribution in [1.82, 2.24) is 10.6 Å². The third kappa shape index (κ3) is 2.97. The highest BCUT2D eigenvalue weighted by Gasteiger charge is 2.26. The molecule has 0 atom stereocenters. The molecule has 0 radical (unpaired) electrons. The quantitative estimate of drug-likeness (QED) is 0.532. The molecular weight excluding hydrogens is 246 g/mol. The molecule has 1 aromatic carbocycles. The Morgan fingerprint density at radius 2 is 1.95 bits per heavy atom. The number of hydrogen-bond acceptors (Lipinski definition) is 4. The first-order chi connectivity index (χ1) is 9.11. The van der Waals surface area contributed by atoms with Crippen LogP contribution in [0.3, 0.4) is 0 Å². The Balaban J connectivity index is 2.03. The SMILES string of the molecule is CNCCCC(=O)Nc1ccc2c(c1)C(=O)NC2=O. The minimum atomic E-state index is -0.425. The number of rotatable bonds is 5. The Morgan fingerprint density at radius 1 is 1.21 bits per heavy atom. The summed E-state index contributed by atoms with van der Waals surface area (Å²) in [6.07, 6.45) is 1.15. The molecule has 6 heteroatoms. The van der Waals surface area contributed by atoms with Crippen LogP contribution in [0.5, 0.6) is 0 Å². The third-order valence-corrected chi connectivity index (χ3v) is 2.85. The van der Waals surface area contributed by atoms with Crippen molar-refractivity contribution in [1.29, 1.82) is 0 Å². The maximum atomic E-state index is 11.6. The van der Waals surface area contributed by atoms with Crippen molar-refractivity contribution < 1.29 is 14.4 Å². The van der Waals surface area contributed by atoms with E-state index in [-0.39, 0.29) is 5.91 Å². The normalized spacial score (nSPS) is 13.1. The molecule has 3 N–H and O–H groups in total. The number of carbonyl (C=O) groups is 3. The Labute approximate surface area is 110 Å². The summed E-state index contributed by atoms with van der Waals surface area (Å²) >= 11 is 0. The predicted octanol–water partition coefficient (Wildman–Crippen LogP) is 0.508. The second kappa shape index (κ2) is 5.62. The zero-order valence-corrected chi connectivity index (χ0v) is 10.6. The lowest BCUT2D eigenvalue weighted by Gasteiger charge is -2.06. The van der Waals surface area contributed by atoms with Gasteiger partial charge >= 0.3 is 0 Å². The predicted molar refractivity (Wildman–Crippen MR) is 70.0 cm³/mol. The fraction of sp³-hybridized carbons (Fsp3) is 0.308. The van der Waals surface area contributed by atoms with Gasteiger partial charge in [-0.05, 0) is 38.2 Å². The van der Waals surface area contributed by atoms with Gasteiger partial charge in [0.2, 0.25) is 5.91 Å². The molecular formula is C13H15N3O3. The third-order valence-electron chi connectivity index (χ3n) is 2.85. The molecule has 1 aromatic rings. The van der Waals surface area contributed by atoms with Crippen LogP contribution in [-0.2, 0) is 4.79 Å². The first-order valence-corrected chi connectivity index (χ1v) is 6.06. The van der Waals surface area contributed by atoms with Crippen molar-refractivity contribution in [3.05, 3.63) is 29.3 Å². The van der Waals surface area contributed by atoms with Crippen molar-refractivity contribution in [2.75, 3.05) is 18.9 Å². The van der Waals surface area contributed by atoms with Crippen LogP contribution in [0.2, 0.25) is 0 Å². The minimum Gasteiger partial charge on any atom is -0.326 e. The molecule has 1 aliphatic rings. The van der Waals surface area contributed by atoms with Crippen LogP contribution < -0.4 is 16.0 Å². The van der Waals surface area contributed by atoms with Crippen molar-refractivity contribution in [3.8, 4) is 0 Å². The first-order valence-electron chi connectivity index (χ1n) is 6.06. The van der Waals surface area contributed by atoms with E-state index in [9.17, 15) is 14.4 Å². The Kier molecular flexibility index (Phi) is 3.91. The van der Waals surface area contributed by atoms with Crippen LogP contribution in [0.15, 0.2) is 18.2 Å². The van der Waals surface area contributed by atoms with Crippen LogP contribution >= 0.6 is 0 Å². The molecule has 1 heterocycles. The van der Waals surface area contributed by atoms with Crippen molar-refractivity contribution >= 4 is 23.4 Å². The molecule has 0 fully saturated rings. The highest BCUT2D eigenvalue weighted by molar-refractivity contribution is 6.22. The van der Waals surface area contributed by atoms with Crippen LogP contribution in [0.4, 0.5) is 5.69 Å². The topological polar surface area (TPSA) is 87.3 Å². The largest absolute Gasteiger partial charge is 0.326 e. The fourth-order valence-electron chi connectivity index (χ4n) is 1.89. The number of carbonyl (C=O) groups excluding carboxylic acids is 3. The smallest absolute Gasteiger partial charge is 0.259 e. The van der Waals surface area contributed by atoms with Gasteiger partial charge in [0.15, 0.2) is 0 Å². The average Bonchev–Trinajstić information content (AvgIpc) is 2.65. The zero-order chi connectivity index (χ0) is 13.8. The molecule has 1 aliphatic heterocycles. The van der Waals surface area contributed by atoms with Crippen LogP contribution in [0.25, 0.3) is 0 Å². The summed E-state index contributed by atoms with van der Waals surface area (Å²) in [6.45, 7) is 0.772. The number of nitrogens with one attached hydrogen (secondary N) is 3. The van der Waals surface area contributed by atoms with Gasteiger partial charge in [-0.1, -0.05) is 0 Å². The van der Waals surface area contributed by atoms with E-state index < -0.39 is 11.8 Å². The van der Waals surface area contributed by atoms with Gasteiger partial charge in [0.05, 0.1) is 11.1 Å². The highest BCUT2D eigenvalue weighted by Crippen LogP contribution is 2.20. The summed E-state index contributed by atoms with van der Waals surface area (Å²) in [5.41, 5.74) is 1.18. The van der Waals surface area contributed by atoms with Gasteiger partial charge in [-0.2, -0.15) is 0 Å². The van der Waals surface area contributed by atoms with Gasteiger partial charge in [-0.3, -0.25) is 19.7 Å². The molecule has 3 amide bonds. The maximum absolute atomic E-state index is 11.6.